The lowest BCUT2D eigenvalue weighted by Crippen LogP contribution is -2.27. The van der Waals surface area contributed by atoms with Gasteiger partial charge in [-0.25, -0.2) is 0 Å². The summed E-state index contributed by atoms with van der Waals surface area (Å²) < 4.78 is 38.9. The molecule has 0 saturated heterocycles. The van der Waals surface area contributed by atoms with Gasteiger partial charge in [0, 0.05) is 23.3 Å². The fraction of sp³-hybridized carbons (Fsp3) is 0.292. The summed E-state index contributed by atoms with van der Waals surface area (Å²) in [5, 5.41) is 3.69. The third kappa shape index (κ3) is 4.60. The number of benzene rings is 1. The van der Waals surface area contributed by atoms with E-state index >= 15 is 0 Å². The predicted octanol–water partition coefficient (Wildman–Crippen LogP) is 5.87. The van der Waals surface area contributed by atoms with Crippen LogP contribution >= 0.6 is 0 Å². The number of carbonyl (C=O) groups is 1. The van der Waals surface area contributed by atoms with Crippen molar-refractivity contribution >= 4 is 22.4 Å². The number of alkyl halides is 3. The summed E-state index contributed by atoms with van der Waals surface area (Å²) in [5.74, 6) is -1.54. The van der Waals surface area contributed by atoms with Crippen LogP contribution in [0.1, 0.15) is 53.8 Å². The number of nitrogens with zero attached hydrogens (tertiary/aromatic N) is 2. The standard InChI is InChI=1S/C24H22F3N3O/c1-15(21-7-2-3-12-28-21)30-23(31)18-13-17-5-4-6-20(22(17)29-14-18)16-8-10-19(11-9-16)24(25,26)27/h2-8,12-15,19H,9-11H2,1H3,(H,30,31)/t15-,19-/m0/s1. The fourth-order valence-corrected chi connectivity index (χ4v) is 3.91. The highest BCUT2D eigenvalue weighted by atomic mass is 19.4. The van der Waals surface area contributed by atoms with E-state index in [0.29, 0.717) is 17.5 Å². The Morgan fingerprint density at radius 3 is 2.68 bits per heavy atom. The van der Waals surface area contributed by atoms with Gasteiger partial charge in [0.1, 0.15) is 0 Å². The number of halogens is 3. The largest absolute Gasteiger partial charge is 0.392 e. The zero-order valence-corrected chi connectivity index (χ0v) is 17.0. The SMILES string of the molecule is C[C@H](NC(=O)c1cnc2c(C3=CC[C@H](C(F)(F)F)CC3)cccc2c1)c1ccccn1. The molecule has 1 aliphatic carbocycles. The van der Waals surface area contributed by atoms with Crippen molar-refractivity contribution in [3.05, 3.63) is 77.8 Å². The molecule has 0 unspecified atom stereocenters. The number of allylic oxidation sites excluding steroid dienone is 2. The Hall–Kier alpha value is -3.22. The Balaban J connectivity index is 1.56. The van der Waals surface area contributed by atoms with E-state index in [1.54, 1.807) is 18.3 Å². The first-order valence-electron chi connectivity index (χ1n) is 10.2. The Kier molecular flexibility index (Phi) is 5.76. The molecule has 160 valence electrons. The lowest BCUT2D eigenvalue weighted by Gasteiger charge is -2.24. The molecule has 7 heteroatoms. The van der Waals surface area contributed by atoms with Gasteiger partial charge in [-0.1, -0.05) is 30.3 Å². The van der Waals surface area contributed by atoms with Crippen molar-refractivity contribution in [1.29, 1.82) is 0 Å². The number of para-hydroxylation sites is 1. The van der Waals surface area contributed by atoms with Crippen LogP contribution in [0.4, 0.5) is 13.2 Å². The molecule has 1 aliphatic rings. The molecule has 1 amide bonds. The molecular weight excluding hydrogens is 403 g/mol. The molecule has 0 bridgehead atoms. The lowest BCUT2D eigenvalue weighted by molar-refractivity contribution is -0.175. The van der Waals surface area contributed by atoms with Crippen molar-refractivity contribution in [2.75, 3.05) is 0 Å². The third-order valence-corrected chi connectivity index (χ3v) is 5.67. The van der Waals surface area contributed by atoms with Gasteiger partial charge < -0.3 is 5.32 Å². The smallest absolute Gasteiger partial charge is 0.344 e. The molecule has 0 spiro atoms. The number of nitrogens with one attached hydrogen (secondary N) is 1. The molecule has 2 heterocycles. The summed E-state index contributed by atoms with van der Waals surface area (Å²) in [6.45, 7) is 1.86. The summed E-state index contributed by atoms with van der Waals surface area (Å²) in [5.41, 5.74) is 3.57. The highest BCUT2D eigenvalue weighted by molar-refractivity contribution is 5.99. The highest BCUT2D eigenvalue weighted by Gasteiger charge is 2.39. The number of rotatable bonds is 4. The summed E-state index contributed by atoms with van der Waals surface area (Å²) >= 11 is 0. The molecule has 0 radical (unpaired) electrons. The molecule has 4 rings (SSSR count). The first-order chi connectivity index (χ1) is 14.8. The van der Waals surface area contributed by atoms with Crippen LogP contribution in [0.2, 0.25) is 0 Å². The minimum absolute atomic E-state index is 0.0128. The Morgan fingerprint density at radius 2 is 2.00 bits per heavy atom. The van der Waals surface area contributed by atoms with E-state index in [9.17, 15) is 18.0 Å². The maximum atomic E-state index is 13.0. The van der Waals surface area contributed by atoms with Crippen molar-refractivity contribution in [3.8, 4) is 0 Å². The summed E-state index contributed by atoms with van der Waals surface area (Å²) in [6.07, 6.45) is 1.12. The molecule has 4 nitrogen and oxygen atoms in total. The molecule has 0 fully saturated rings. The van der Waals surface area contributed by atoms with E-state index in [1.807, 2.05) is 43.3 Å². The van der Waals surface area contributed by atoms with E-state index in [4.69, 9.17) is 0 Å². The van der Waals surface area contributed by atoms with Gasteiger partial charge in [-0.05, 0) is 50.0 Å². The van der Waals surface area contributed by atoms with Gasteiger partial charge in [0.15, 0.2) is 0 Å². The third-order valence-electron chi connectivity index (χ3n) is 5.67. The highest BCUT2D eigenvalue weighted by Crippen LogP contribution is 2.40. The molecule has 31 heavy (non-hydrogen) atoms. The van der Waals surface area contributed by atoms with Crippen molar-refractivity contribution in [1.82, 2.24) is 15.3 Å². The van der Waals surface area contributed by atoms with Crippen LogP contribution < -0.4 is 5.32 Å². The molecule has 0 aliphatic heterocycles. The molecule has 1 N–H and O–H groups in total. The zero-order chi connectivity index (χ0) is 22.0. The molecule has 3 aromatic rings. The van der Waals surface area contributed by atoms with Crippen LogP contribution in [-0.4, -0.2) is 22.1 Å². The van der Waals surface area contributed by atoms with E-state index in [-0.39, 0.29) is 24.8 Å². The van der Waals surface area contributed by atoms with Crippen LogP contribution in [0.15, 0.2) is 60.9 Å². The van der Waals surface area contributed by atoms with E-state index in [2.05, 4.69) is 15.3 Å². The number of aromatic nitrogens is 2. The number of pyridine rings is 2. The van der Waals surface area contributed by atoms with Crippen LogP contribution in [-0.2, 0) is 0 Å². The van der Waals surface area contributed by atoms with Crippen molar-refractivity contribution in [2.24, 2.45) is 5.92 Å². The van der Waals surface area contributed by atoms with Crippen LogP contribution in [0, 0.1) is 5.92 Å². The van der Waals surface area contributed by atoms with Crippen LogP contribution in [0.3, 0.4) is 0 Å². The van der Waals surface area contributed by atoms with E-state index in [0.717, 1.165) is 22.2 Å². The Morgan fingerprint density at radius 1 is 1.16 bits per heavy atom. The maximum absolute atomic E-state index is 13.0. The maximum Gasteiger partial charge on any atom is 0.392 e. The summed E-state index contributed by atoms with van der Waals surface area (Å²) in [6, 6.07) is 12.6. The van der Waals surface area contributed by atoms with Crippen molar-refractivity contribution in [2.45, 2.75) is 38.4 Å². The van der Waals surface area contributed by atoms with Gasteiger partial charge in [0.2, 0.25) is 0 Å². The van der Waals surface area contributed by atoms with Gasteiger partial charge in [-0.15, -0.1) is 0 Å². The molecule has 2 atom stereocenters. The van der Waals surface area contributed by atoms with Gasteiger partial charge in [0.25, 0.3) is 5.91 Å². The van der Waals surface area contributed by atoms with E-state index in [1.165, 1.54) is 6.20 Å². The average molecular weight is 425 g/mol. The minimum atomic E-state index is -4.16. The van der Waals surface area contributed by atoms with Gasteiger partial charge >= 0.3 is 6.18 Å². The summed E-state index contributed by atoms with van der Waals surface area (Å²) in [7, 11) is 0. The van der Waals surface area contributed by atoms with Crippen molar-refractivity contribution < 1.29 is 18.0 Å². The predicted molar refractivity (Wildman–Crippen MR) is 113 cm³/mol. The normalized spacial score (nSPS) is 17.8. The second kappa shape index (κ2) is 8.49. The van der Waals surface area contributed by atoms with Gasteiger partial charge in [-0.2, -0.15) is 13.2 Å². The first kappa shape index (κ1) is 21.0. The number of hydrogen-bond donors (Lipinski definition) is 1. The average Bonchev–Trinajstić information content (AvgIpc) is 2.78. The number of fused-ring (bicyclic) bond motifs is 1. The zero-order valence-electron chi connectivity index (χ0n) is 17.0. The lowest BCUT2D eigenvalue weighted by atomic mass is 9.85. The van der Waals surface area contributed by atoms with Crippen LogP contribution in [0.25, 0.3) is 16.5 Å². The topological polar surface area (TPSA) is 54.9 Å². The molecule has 2 aromatic heterocycles. The fourth-order valence-electron chi connectivity index (χ4n) is 3.91. The second-order valence-corrected chi connectivity index (χ2v) is 7.79. The summed E-state index contributed by atoms with van der Waals surface area (Å²) in [4.78, 5) is 21.4. The number of amides is 1. The van der Waals surface area contributed by atoms with Crippen molar-refractivity contribution in [3.63, 3.8) is 0 Å². The molecule has 1 aromatic carbocycles. The van der Waals surface area contributed by atoms with Crippen LogP contribution in [0.5, 0.6) is 0 Å². The second-order valence-electron chi connectivity index (χ2n) is 7.79. The van der Waals surface area contributed by atoms with E-state index < -0.39 is 12.1 Å². The molecule has 0 saturated carbocycles. The number of carbonyl (C=O) groups excluding carboxylic acids is 1. The first-order valence-corrected chi connectivity index (χ1v) is 10.2. The Bertz CT molecular complexity index is 1130. The van der Waals surface area contributed by atoms with Gasteiger partial charge in [0.05, 0.1) is 28.7 Å². The minimum Gasteiger partial charge on any atom is -0.344 e. The van der Waals surface area contributed by atoms with Gasteiger partial charge in [-0.3, -0.25) is 14.8 Å². The monoisotopic (exact) mass is 425 g/mol. The molecular formula is C24H22F3N3O. The number of hydrogen-bond acceptors (Lipinski definition) is 3. The Labute approximate surface area is 178 Å². The quantitative estimate of drug-likeness (QED) is 0.569.